The van der Waals surface area contributed by atoms with Crippen LogP contribution in [0.15, 0.2) is 48.5 Å². The lowest BCUT2D eigenvalue weighted by Crippen LogP contribution is -2.50. The predicted octanol–water partition coefficient (Wildman–Crippen LogP) is 4.74. The first-order valence-corrected chi connectivity index (χ1v) is 10.0. The molecular formula is C23H31N3O2. The molecule has 0 aliphatic carbocycles. The normalized spacial score (nSPS) is 14.7. The molecule has 3 rings (SSSR count). The topological polar surface area (TPSA) is 44.8 Å². The summed E-state index contributed by atoms with van der Waals surface area (Å²) in [6.45, 7) is 12.4. The molecule has 0 radical (unpaired) electrons. The van der Waals surface area contributed by atoms with Crippen molar-refractivity contribution in [1.29, 1.82) is 0 Å². The lowest BCUT2D eigenvalue weighted by molar-refractivity contribution is 0.208. The maximum absolute atomic E-state index is 12.5. The average Bonchev–Trinajstić information content (AvgIpc) is 2.69. The minimum absolute atomic E-state index is 0.0492. The molecule has 5 heteroatoms. The van der Waals surface area contributed by atoms with Gasteiger partial charge in [-0.1, -0.05) is 32.9 Å². The first-order valence-electron chi connectivity index (χ1n) is 10.0. The van der Waals surface area contributed by atoms with Crippen molar-refractivity contribution in [2.75, 3.05) is 43.0 Å². The van der Waals surface area contributed by atoms with Gasteiger partial charge in [0.15, 0.2) is 0 Å². The highest BCUT2D eigenvalue weighted by molar-refractivity contribution is 5.89. The predicted molar refractivity (Wildman–Crippen MR) is 116 cm³/mol. The zero-order chi connectivity index (χ0) is 20.1. The van der Waals surface area contributed by atoms with Gasteiger partial charge < -0.3 is 19.9 Å². The molecule has 1 saturated heterocycles. The van der Waals surface area contributed by atoms with Gasteiger partial charge in [-0.3, -0.25) is 0 Å². The van der Waals surface area contributed by atoms with Crippen LogP contribution in [0.3, 0.4) is 0 Å². The number of carbonyl (C=O) groups excluding carboxylic acids is 1. The number of nitrogens with one attached hydrogen (secondary N) is 1. The summed E-state index contributed by atoms with van der Waals surface area (Å²) < 4.78 is 5.43. The van der Waals surface area contributed by atoms with Gasteiger partial charge in [0.1, 0.15) is 5.75 Å². The van der Waals surface area contributed by atoms with E-state index in [1.807, 2.05) is 36.1 Å². The van der Waals surface area contributed by atoms with Crippen LogP contribution in [0.25, 0.3) is 0 Å². The number of hydrogen-bond donors (Lipinski definition) is 1. The molecular weight excluding hydrogens is 350 g/mol. The van der Waals surface area contributed by atoms with E-state index in [1.165, 1.54) is 11.3 Å². The first-order chi connectivity index (χ1) is 13.4. The Bertz CT molecular complexity index is 771. The molecule has 1 N–H and O–H groups in total. The summed E-state index contributed by atoms with van der Waals surface area (Å²) >= 11 is 0. The quantitative estimate of drug-likeness (QED) is 0.832. The summed E-state index contributed by atoms with van der Waals surface area (Å²) in [6, 6.07) is 16.2. The van der Waals surface area contributed by atoms with E-state index < -0.39 is 0 Å². The number of anilines is 2. The monoisotopic (exact) mass is 381 g/mol. The van der Waals surface area contributed by atoms with Gasteiger partial charge in [-0.2, -0.15) is 0 Å². The third kappa shape index (κ3) is 4.97. The van der Waals surface area contributed by atoms with Crippen molar-refractivity contribution < 1.29 is 9.53 Å². The van der Waals surface area contributed by atoms with Crippen LogP contribution in [-0.4, -0.2) is 43.7 Å². The number of amides is 2. The number of urea groups is 1. The van der Waals surface area contributed by atoms with E-state index in [2.05, 4.69) is 55.3 Å². The zero-order valence-electron chi connectivity index (χ0n) is 17.4. The summed E-state index contributed by atoms with van der Waals surface area (Å²) in [4.78, 5) is 16.8. The largest absolute Gasteiger partial charge is 0.494 e. The van der Waals surface area contributed by atoms with Crippen molar-refractivity contribution in [3.8, 4) is 5.75 Å². The highest BCUT2D eigenvalue weighted by Crippen LogP contribution is 2.25. The Labute approximate surface area is 168 Å². The molecule has 1 aliphatic rings. The summed E-state index contributed by atoms with van der Waals surface area (Å²) in [5, 5.41) is 2.97. The van der Waals surface area contributed by atoms with Gasteiger partial charge in [-0.05, 0) is 54.3 Å². The fourth-order valence-electron chi connectivity index (χ4n) is 3.34. The second kappa shape index (κ2) is 8.55. The molecule has 0 unspecified atom stereocenters. The van der Waals surface area contributed by atoms with Crippen LogP contribution < -0.4 is 15.0 Å². The lowest BCUT2D eigenvalue weighted by atomic mass is 9.87. The van der Waals surface area contributed by atoms with E-state index in [9.17, 15) is 4.79 Å². The minimum atomic E-state index is -0.0492. The van der Waals surface area contributed by atoms with Crippen LogP contribution in [0.5, 0.6) is 5.75 Å². The molecule has 0 bridgehead atoms. The number of benzene rings is 2. The molecule has 28 heavy (non-hydrogen) atoms. The fourth-order valence-corrected chi connectivity index (χ4v) is 3.34. The van der Waals surface area contributed by atoms with Crippen LogP contribution in [0.2, 0.25) is 0 Å². The molecule has 0 spiro atoms. The van der Waals surface area contributed by atoms with E-state index in [-0.39, 0.29) is 11.4 Å². The molecule has 1 heterocycles. The molecule has 2 amide bonds. The summed E-state index contributed by atoms with van der Waals surface area (Å²) in [6.07, 6.45) is 0. The van der Waals surface area contributed by atoms with Crippen molar-refractivity contribution in [3.05, 3.63) is 54.1 Å². The Morgan fingerprint density at radius 2 is 1.57 bits per heavy atom. The Morgan fingerprint density at radius 1 is 0.964 bits per heavy atom. The second-order valence-corrected chi connectivity index (χ2v) is 8.16. The maximum atomic E-state index is 12.5. The number of ether oxygens (including phenoxy) is 1. The number of nitrogens with zero attached hydrogens (tertiary/aromatic N) is 2. The van der Waals surface area contributed by atoms with Gasteiger partial charge in [-0.15, -0.1) is 0 Å². The highest BCUT2D eigenvalue weighted by atomic mass is 16.5. The standard InChI is InChI=1S/C23H31N3O2/c1-5-28-21-12-8-19(9-13-21)24-22(27)26-16-14-25(15-17-26)20-10-6-18(7-11-20)23(2,3)4/h6-13H,5,14-17H2,1-4H3,(H,24,27). The van der Waals surface area contributed by atoms with Gasteiger partial charge >= 0.3 is 6.03 Å². The van der Waals surface area contributed by atoms with E-state index >= 15 is 0 Å². The Hall–Kier alpha value is -2.69. The summed E-state index contributed by atoms with van der Waals surface area (Å²) in [7, 11) is 0. The molecule has 0 aromatic heterocycles. The smallest absolute Gasteiger partial charge is 0.321 e. The van der Waals surface area contributed by atoms with Crippen LogP contribution in [0.4, 0.5) is 16.2 Å². The Balaban J connectivity index is 1.52. The van der Waals surface area contributed by atoms with Crippen LogP contribution in [0.1, 0.15) is 33.3 Å². The molecule has 1 fully saturated rings. The van der Waals surface area contributed by atoms with E-state index in [0.717, 1.165) is 24.5 Å². The molecule has 0 saturated carbocycles. The third-order valence-corrected chi connectivity index (χ3v) is 5.08. The minimum Gasteiger partial charge on any atom is -0.494 e. The van der Waals surface area contributed by atoms with Gasteiger partial charge in [0.05, 0.1) is 6.61 Å². The SMILES string of the molecule is CCOc1ccc(NC(=O)N2CCN(c3ccc(C(C)(C)C)cc3)CC2)cc1. The van der Waals surface area contributed by atoms with Gasteiger partial charge in [0.25, 0.3) is 0 Å². The number of piperazine rings is 1. The van der Waals surface area contributed by atoms with E-state index in [0.29, 0.717) is 19.7 Å². The van der Waals surface area contributed by atoms with E-state index in [1.54, 1.807) is 0 Å². The Morgan fingerprint density at radius 3 is 2.11 bits per heavy atom. The zero-order valence-corrected chi connectivity index (χ0v) is 17.4. The molecule has 150 valence electrons. The lowest BCUT2D eigenvalue weighted by Gasteiger charge is -2.36. The first kappa shape index (κ1) is 20.1. The molecule has 2 aromatic rings. The van der Waals surface area contributed by atoms with Gasteiger partial charge in [-0.25, -0.2) is 4.79 Å². The van der Waals surface area contributed by atoms with Crippen molar-refractivity contribution >= 4 is 17.4 Å². The van der Waals surface area contributed by atoms with Crippen molar-refractivity contribution in [2.24, 2.45) is 0 Å². The van der Waals surface area contributed by atoms with Gasteiger partial charge in [0, 0.05) is 37.6 Å². The van der Waals surface area contributed by atoms with Gasteiger partial charge in [0.2, 0.25) is 0 Å². The Kier molecular flexibility index (Phi) is 6.12. The van der Waals surface area contributed by atoms with E-state index in [4.69, 9.17) is 4.74 Å². The number of rotatable bonds is 4. The van der Waals surface area contributed by atoms with Crippen LogP contribution in [-0.2, 0) is 5.41 Å². The number of carbonyl (C=O) groups is 1. The molecule has 0 atom stereocenters. The summed E-state index contributed by atoms with van der Waals surface area (Å²) in [5.41, 5.74) is 3.51. The van der Waals surface area contributed by atoms with Crippen molar-refractivity contribution in [1.82, 2.24) is 4.90 Å². The third-order valence-electron chi connectivity index (χ3n) is 5.08. The maximum Gasteiger partial charge on any atom is 0.321 e. The van der Waals surface area contributed by atoms with Crippen LogP contribution >= 0.6 is 0 Å². The average molecular weight is 382 g/mol. The van der Waals surface area contributed by atoms with Crippen LogP contribution in [0, 0.1) is 0 Å². The molecule has 1 aliphatic heterocycles. The molecule has 2 aromatic carbocycles. The fraction of sp³-hybridized carbons (Fsp3) is 0.435. The highest BCUT2D eigenvalue weighted by Gasteiger charge is 2.22. The second-order valence-electron chi connectivity index (χ2n) is 8.16. The number of hydrogen-bond acceptors (Lipinski definition) is 3. The molecule has 5 nitrogen and oxygen atoms in total. The van der Waals surface area contributed by atoms with Crippen molar-refractivity contribution in [3.63, 3.8) is 0 Å². The summed E-state index contributed by atoms with van der Waals surface area (Å²) in [5.74, 6) is 0.812. The van der Waals surface area contributed by atoms with Crippen molar-refractivity contribution in [2.45, 2.75) is 33.1 Å².